The quantitative estimate of drug-likeness (QED) is 0.554. The summed E-state index contributed by atoms with van der Waals surface area (Å²) in [5, 5.41) is 9.44. The van der Waals surface area contributed by atoms with Gasteiger partial charge in [-0.25, -0.2) is 0 Å². The number of hydrogen-bond acceptors (Lipinski definition) is 4. The summed E-state index contributed by atoms with van der Waals surface area (Å²) in [7, 11) is -3.49. The van der Waals surface area contributed by atoms with E-state index in [0.717, 1.165) is 6.08 Å². The van der Waals surface area contributed by atoms with E-state index in [4.69, 9.17) is 9.05 Å². The van der Waals surface area contributed by atoms with Gasteiger partial charge in [-0.2, -0.15) is 0 Å². The first kappa shape index (κ1) is 13.8. The monoisotopic (exact) mass is 222 g/mol. The molecule has 0 aromatic rings. The molecule has 1 unspecified atom stereocenters. The lowest BCUT2D eigenvalue weighted by molar-refractivity contribution is 0.112. The minimum atomic E-state index is -3.49. The van der Waals surface area contributed by atoms with E-state index in [1.807, 2.05) is 0 Å². The second-order valence-corrected chi connectivity index (χ2v) is 5.53. The molecule has 1 N–H and O–H groups in total. The Kier molecular flexibility index (Phi) is 5.60. The van der Waals surface area contributed by atoms with Crippen molar-refractivity contribution in [3.63, 3.8) is 0 Å². The fraction of sp³-hybridized carbons (Fsp3) is 0.778. The minimum Gasteiger partial charge on any atom is -0.377 e. The van der Waals surface area contributed by atoms with Crippen LogP contribution < -0.4 is 0 Å². The van der Waals surface area contributed by atoms with E-state index in [1.165, 1.54) is 0 Å². The fourth-order valence-electron chi connectivity index (χ4n) is 0.866. The van der Waals surface area contributed by atoms with Gasteiger partial charge in [0.1, 0.15) is 0 Å². The molecule has 5 heteroatoms. The summed E-state index contributed by atoms with van der Waals surface area (Å²) in [6.45, 7) is 10.3. The lowest BCUT2D eigenvalue weighted by atomic mass is 10.5. The maximum atomic E-state index is 12.0. The third-order valence-corrected chi connectivity index (χ3v) is 3.54. The molecule has 0 bridgehead atoms. The predicted octanol–water partition coefficient (Wildman–Crippen LogP) is 2.53. The Labute approximate surface area is 85.5 Å². The van der Waals surface area contributed by atoms with E-state index in [-0.39, 0.29) is 12.2 Å². The molecule has 4 nitrogen and oxygen atoms in total. The Balaban J connectivity index is 4.66. The number of rotatable bonds is 6. The van der Waals surface area contributed by atoms with Crippen LogP contribution in [0.5, 0.6) is 0 Å². The molecule has 0 aromatic carbocycles. The molecule has 84 valence electrons. The maximum Gasteiger partial charge on any atom is 0.363 e. The van der Waals surface area contributed by atoms with Crippen molar-refractivity contribution >= 4 is 7.60 Å². The summed E-state index contributed by atoms with van der Waals surface area (Å²) < 4.78 is 22.2. The van der Waals surface area contributed by atoms with Crippen molar-refractivity contribution in [1.82, 2.24) is 0 Å². The van der Waals surface area contributed by atoms with Crippen molar-refractivity contribution in [1.29, 1.82) is 0 Å². The highest BCUT2D eigenvalue weighted by molar-refractivity contribution is 7.54. The second-order valence-electron chi connectivity index (χ2n) is 3.50. The molecule has 0 saturated carbocycles. The largest absolute Gasteiger partial charge is 0.377 e. The first-order valence-electron chi connectivity index (χ1n) is 4.59. The van der Waals surface area contributed by atoms with Crippen LogP contribution >= 0.6 is 7.60 Å². The Morgan fingerprint density at radius 3 is 1.79 bits per heavy atom. The van der Waals surface area contributed by atoms with E-state index >= 15 is 0 Å². The van der Waals surface area contributed by atoms with Crippen LogP contribution in [-0.2, 0) is 13.6 Å². The highest BCUT2D eigenvalue weighted by Crippen LogP contribution is 2.54. The SMILES string of the molecule is C=CC(O)P(=O)(OC(C)C)OC(C)C. The molecule has 1 atom stereocenters. The molecule has 0 aliphatic heterocycles. The van der Waals surface area contributed by atoms with Crippen LogP contribution in [0.15, 0.2) is 12.7 Å². The molecule has 0 fully saturated rings. The van der Waals surface area contributed by atoms with Gasteiger partial charge < -0.3 is 14.2 Å². The first-order chi connectivity index (χ1) is 6.31. The third-order valence-electron chi connectivity index (χ3n) is 1.25. The van der Waals surface area contributed by atoms with Crippen LogP contribution in [0.2, 0.25) is 0 Å². The van der Waals surface area contributed by atoms with Gasteiger partial charge in [-0.1, -0.05) is 12.7 Å². The normalized spacial score (nSPS) is 14.8. The highest BCUT2D eigenvalue weighted by atomic mass is 31.2. The van der Waals surface area contributed by atoms with Gasteiger partial charge in [0.2, 0.25) is 0 Å². The Morgan fingerprint density at radius 1 is 1.21 bits per heavy atom. The molecule has 0 amide bonds. The minimum absolute atomic E-state index is 0.269. The zero-order chi connectivity index (χ0) is 11.4. The second kappa shape index (κ2) is 5.66. The van der Waals surface area contributed by atoms with Crippen LogP contribution in [0.4, 0.5) is 0 Å². The molecule has 0 saturated heterocycles. The predicted molar refractivity (Wildman–Crippen MR) is 56.3 cm³/mol. The van der Waals surface area contributed by atoms with Gasteiger partial charge in [-0.05, 0) is 27.7 Å². The summed E-state index contributed by atoms with van der Waals surface area (Å²) in [5.41, 5.74) is 0. The van der Waals surface area contributed by atoms with Gasteiger partial charge >= 0.3 is 7.60 Å². The molecule has 0 heterocycles. The molecular formula is C9H19O4P. The highest BCUT2D eigenvalue weighted by Gasteiger charge is 2.34. The topological polar surface area (TPSA) is 55.8 Å². The Bertz CT molecular complexity index is 211. The first-order valence-corrected chi connectivity index (χ1v) is 6.20. The van der Waals surface area contributed by atoms with Crippen molar-refractivity contribution < 1.29 is 18.7 Å². The van der Waals surface area contributed by atoms with Crippen molar-refractivity contribution in [3.05, 3.63) is 12.7 Å². The van der Waals surface area contributed by atoms with E-state index in [0.29, 0.717) is 0 Å². The van der Waals surface area contributed by atoms with Crippen LogP contribution in [0, 0.1) is 0 Å². The van der Waals surface area contributed by atoms with E-state index in [9.17, 15) is 9.67 Å². The number of aliphatic hydroxyl groups is 1. The van der Waals surface area contributed by atoms with E-state index in [2.05, 4.69) is 6.58 Å². The van der Waals surface area contributed by atoms with Crippen molar-refractivity contribution in [2.75, 3.05) is 0 Å². The zero-order valence-electron chi connectivity index (χ0n) is 9.14. The summed E-state index contributed by atoms with van der Waals surface area (Å²) in [4.78, 5) is 0. The molecular weight excluding hydrogens is 203 g/mol. The zero-order valence-corrected chi connectivity index (χ0v) is 10.0. The Morgan fingerprint density at radius 2 is 1.57 bits per heavy atom. The van der Waals surface area contributed by atoms with Crippen LogP contribution in [-0.4, -0.2) is 23.2 Å². The van der Waals surface area contributed by atoms with Gasteiger partial charge in [0.15, 0.2) is 5.85 Å². The van der Waals surface area contributed by atoms with Gasteiger partial charge in [-0.3, -0.25) is 4.57 Å². The molecule has 0 spiro atoms. The van der Waals surface area contributed by atoms with Crippen LogP contribution in [0.1, 0.15) is 27.7 Å². The number of hydrogen-bond donors (Lipinski definition) is 1. The van der Waals surface area contributed by atoms with Crippen molar-refractivity contribution in [2.24, 2.45) is 0 Å². The lowest BCUT2D eigenvalue weighted by Gasteiger charge is -2.24. The average molecular weight is 222 g/mol. The average Bonchev–Trinajstić information content (AvgIpc) is 1.99. The van der Waals surface area contributed by atoms with Crippen LogP contribution in [0.3, 0.4) is 0 Å². The van der Waals surface area contributed by atoms with Crippen LogP contribution in [0.25, 0.3) is 0 Å². The van der Waals surface area contributed by atoms with Gasteiger partial charge in [-0.15, -0.1) is 0 Å². The van der Waals surface area contributed by atoms with Gasteiger partial charge in [0, 0.05) is 0 Å². The third kappa shape index (κ3) is 4.38. The molecule has 0 aliphatic carbocycles. The summed E-state index contributed by atoms with van der Waals surface area (Å²) in [6, 6.07) is 0. The Hall–Kier alpha value is -0.150. The summed E-state index contributed by atoms with van der Waals surface area (Å²) in [6.07, 6.45) is 0.620. The summed E-state index contributed by atoms with van der Waals surface area (Å²) in [5.74, 6) is -1.27. The number of aliphatic hydroxyl groups excluding tert-OH is 1. The fourth-order valence-corrected chi connectivity index (χ4v) is 2.60. The van der Waals surface area contributed by atoms with Crippen molar-refractivity contribution in [2.45, 2.75) is 45.7 Å². The van der Waals surface area contributed by atoms with Crippen molar-refractivity contribution in [3.8, 4) is 0 Å². The molecule has 14 heavy (non-hydrogen) atoms. The van der Waals surface area contributed by atoms with E-state index < -0.39 is 13.4 Å². The smallest absolute Gasteiger partial charge is 0.363 e. The maximum absolute atomic E-state index is 12.0. The molecule has 0 rings (SSSR count). The van der Waals surface area contributed by atoms with Gasteiger partial charge in [0.25, 0.3) is 0 Å². The molecule has 0 aromatic heterocycles. The molecule has 0 radical (unpaired) electrons. The standard InChI is InChI=1S/C9H19O4P/c1-6-9(10)14(11,12-7(2)3)13-8(4)5/h6-10H,1H2,2-5H3. The lowest BCUT2D eigenvalue weighted by Crippen LogP contribution is -2.16. The summed E-state index contributed by atoms with van der Waals surface area (Å²) >= 11 is 0. The van der Waals surface area contributed by atoms with Gasteiger partial charge in [0.05, 0.1) is 12.2 Å². The van der Waals surface area contributed by atoms with E-state index in [1.54, 1.807) is 27.7 Å². The molecule has 0 aliphatic rings.